The Balaban J connectivity index is 1.69. The van der Waals surface area contributed by atoms with Gasteiger partial charge < -0.3 is 0 Å². The van der Waals surface area contributed by atoms with Crippen LogP contribution in [0.5, 0.6) is 0 Å². The second-order valence-electron chi connectivity index (χ2n) is 14.9. The van der Waals surface area contributed by atoms with Gasteiger partial charge in [-0.2, -0.15) is 25.3 Å². The Morgan fingerprint density at radius 1 is 0.756 bits per heavy atom. The Morgan fingerprint density at radius 2 is 1.29 bits per heavy atom. The summed E-state index contributed by atoms with van der Waals surface area (Å²) in [5.74, 6) is 0.772. The molecule has 4 aliphatic carbocycles. The van der Waals surface area contributed by atoms with Crippen molar-refractivity contribution >= 4 is 31.2 Å². The molecule has 3 N–H and O–H groups in total. The molecule has 0 aromatic rings. The predicted octanol–water partition coefficient (Wildman–Crippen LogP) is 5.47. The Kier molecular flexibility index (Phi) is 10.5. The zero-order valence-electron chi connectivity index (χ0n) is 26.9. The first kappa shape index (κ1) is 36.9. The molecule has 4 aliphatic rings. The van der Waals surface area contributed by atoms with E-state index in [1.807, 2.05) is 13.8 Å². The molecule has 4 fully saturated rings. The molecule has 4 saturated carbocycles. The fourth-order valence-electron chi connectivity index (χ4n) is 10.3. The molecule has 0 heterocycles. The highest BCUT2D eigenvalue weighted by Gasteiger charge is 2.65. The van der Waals surface area contributed by atoms with E-state index < -0.39 is 60.8 Å². The van der Waals surface area contributed by atoms with Crippen LogP contribution in [-0.2, 0) is 43.7 Å². The van der Waals surface area contributed by atoms with Gasteiger partial charge in [0.25, 0.3) is 0 Å². The summed E-state index contributed by atoms with van der Waals surface area (Å²) in [6, 6.07) is 0. The highest BCUT2D eigenvalue weighted by atomic mass is 32.3. The average molecular weight is 699 g/mol. The van der Waals surface area contributed by atoms with Gasteiger partial charge >= 0.3 is 31.2 Å². The van der Waals surface area contributed by atoms with Gasteiger partial charge in [-0.05, 0) is 110 Å². The van der Waals surface area contributed by atoms with Crippen LogP contribution in [0.2, 0.25) is 0 Å². The molecule has 0 aromatic carbocycles. The van der Waals surface area contributed by atoms with Crippen LogP contribution in [0.1, 0.15) is 86.5 Å². The van der Waals surface area contributed by atoms with Gasteiger partial charge in [-0.1, -0.05) is 58.9 Å². The van der Waals surface area contributed by atoms with Crippen molar-refractivity contribution in [3.63, 3.8) is 0 Å². The lowest BCUT2D eigenvalue weighted by molar-refractivity contribution is -0.183. The number of hydrogen-bond donors (Lipinski definition) is 3. The first-order valence-electron chi connectivity index (χ1n) is 15.8. The summed E-state index contributed by atoms with van der Waals surface area (Å²) in [6.07, 6.45) is 3.91. The minimum absolute atomic E-state index is 0.0396. The van der Waals surface area contributed by atoms with Crippen molar-refractivity contribution in [3.8, 4) is 0 Å². The van der Waals surface area contributed by atoms with Gasteiger partial charge in [-0.3, -0.25) is 13.7 Å². The lowest BCUT2D eigenvalue weighted by Gasteiger charge is -2.63. The lowest BCUT2D eigenvalue weighted by Crippen LogP contribution is -2.62. The van der Waals surface area contributed by atoms with Crippen LogP contribution in [0.3, 0.4) is 0 Å². The molecule has 0 aromatic heterocycles. The molecule has 45 heavy (non-hydrogen) atoms. The van der Waals surface area contributed by atoms with Gasteiger partial charge in [-0.15, -0.1) is 0 Å². The molecule has 0 spiro atoms. The van der Waals surface area contributed by atoms with Crippen LogP contribution in [0.25, 0.3) is 0 Å². The molecule has 0 aliphatic heterocycles. The van der Waals surface area contributed by atoms with Crippen molar-refractivity contribution in [2.24, 2.45) is 58.2 Å². The van der Waals surface area contributed by atoms with Crippen molar-refractivity contribution in [3.05, 3.63) is 24.3 Å². The third-order valence-corrected chi connectivity index (χ3v) is 13.5. The van der Waals surface area contributed by atoms with Crippen LogP contribution in [-0.4, -0.2) is 57.2 Å². The standard InChI is InChI=1S/C30H50O12S3/c1-17(2)20(18(3)4)9-8-19(5)22-10-11-23-21-14-26(40-43(31,32)33)25-15-27(41-44(34,35)36)28(42-45(37,38)39)16-30(25,7)24(21)12-13-29(22,23)6/h8-9,18-28H,1,10-16H2,2-7H3,(H,31,32,33)(H,34,35,36)(H,37,38,39)/t19-,20-,21+,22-,23+,24+,25?,26?,27?,28?,29-,30-/m1/s1. The minimum Gasteiger partial charge on any atom is -0.264 e. The average Bonchev–Trinajstić information content (AvgIpc) is 3.19. The van der Waals surface area contributed by atoms with Gasteiger partial charge in [0.1, 0.15) is 12.2 Å². The number of hydrogen-bond acceptors (Lipinski definition) is 9. The maximum atomic E-state index is 12.1. The van der Waals surface area contributed by atoms with Crippen LogP contribution < -0.4 is 0 Å². The summed E-state index contributed by atoms with van der Waals surface area (Å²) in [6.45, 7) is 17.0. The second-order valence-corrected chi connectivity index (χ2v) is 18.1. The van der Waals surface area contributed by atoms with E-state index in [1.165, 1.54) is 0 Å². The van der Waals surface area contributed by atoms with Gasteiger partial charge in [0, 0.05) is 0 Å². The van der Waals surface area contributed by atoms with Gasteiger partial charge in [0.2, 0.25) is 0 Å². The van der Waals surface area contributed by atoms with E-state index in [-0.39, 0.29) is 54.3 Å². The fourth-order valence-corrected chi connectivity index (χ4v) is 11.9. The van der Waals surface area contributed by atoms with Gasteiger partial charge in [0.15, 0.2) is 0 Å². The molecule has 0 saturated heterocycles. The minimum atomic E-state index is -5.08. The van der Waals surface area contributed by atoms with Gasteiger partial charge in [-0.25, -0.2) is 12.5 Å². The summed E-state index contributed by atoms with van der Waals surface area (Å²) in [5, 5.41) is 0. The number of allylic oxidation sites excluding steroid dienone is 3. The van der Waals surface area contributed by atoms with E-state index >= 15 is 0 Å². The van der Waals surface area contributed by atoms with E-state index in [4.69, 9.17) is 12.5 Å². The van der Waals surface area contributed by atoms with Crippen LogP contribution in [0, 0.1) is 58.2 Å². The smallest absolute Gasteiger partial charge is 0.264 e. The Labute approximate surface area is 269 Å². The van der Waals surface area contributed by atoms with Crippen LogP contribution in [0.4, 0.5) is 0 Å². The summed E-state index contributed by atoms with van der Waals surface area (Å²) < 4.78 is 115. The predicted molar refractivity (Wildman–Crippen MR) is 167 cm³/mol. The molecule has 260 valence electrons. The van der Waals surface area contributed by atoms with Crippen molar-refractivity contribution in [1.29, 1.82) is 0 Å². The molecule has 0 radical (unpaired) electrons. The lowest BCUT2D eigenvalue weighted by atomic mass is 9.43. The van der Waals surface area contributed by atoms with Crippen molar-refractivity contribution in [1.82, 2.24) is 0 Å². The molecule has 0 bridgehead atoms. The zero-order chi connectivity index (χ0) is 33.9. The maximum absolute atomic E-state index is 12.1. The molecular weight excluding hydrogens is 649 g/mol. The maximum Gasteiger partial charge on any atom is 0.397 e. The Bertz CT molecular complexity index is 1470. The molecule has 12 nitrogen and oxygen atoms in total. The molecule has 4 unspecified atom stereocenters. The van der Waals surface area contributed by atoms with Gasteiger partial charge in [0.05, 0.1) is 6.10 Å². The third-order valence-electron chi connectivity index (χ3n) is 12.0. The molecule has 0 amide bonds. The normalized spacial score (nSPS) is 40.5. The Hall–Kier alpha value is -0.910. The molecular formula is C30H50O12S3. The number of rotatable bonds is 11. The van der Waals surface area contributed by atoms with Crippen molar-refractivity contribution < 1.29 is 51.5 Å². The summed E-state index contributed by atoms with van der Waals surface area (Å²) in [4.78, 5) is 0. The van der Waals surface area contributed by atoms with E-state index in [0.717, 1.165) is 31.3 Å². The second kappa shape index (κ2) is 12.8. The van der Waals surface area contributed by atoms with E-state index in [9.17, 15) is 38.9 Å². The molecule has 15 heteroatoms. The molecule has 4 rings (SSSR count). The topological polar surface area (TPSA) is 191 Å². The summed E-state index contributed by atoms with van der Waals surface area (Å²) >= 11 is 0. The highest BCUT2D eigenvalue weighted by molar-refractivity contribution is 7.81. The number of fused-ring (bicyclic) bond motifs is 5. The zero-order valence-corrected chi connectivity index (χ0v) is 29.4. The van der Waals surface area contributed by atoms with Crippen LogP contribution in [0.15, 0.2) is 24.3 Å². The summed E-state index contributed by atoms with van der Waals surface area (Å²) in [7, 11) is -15.0. The highest BCUT2D eigenvalue weighted by Crippen LogP contribution is 2.69. The Morgan fingerprint density at radius 3 is 1.82 bits per heavy atom. The summed E-state index contributed by atoms with van der Waals surface area (Å²) in [5.41, 5.74) is 0.208. The monoisotopic (exact) mass is 698 g/mol. The quantitative estimate of drug-likeness (QED) is 0.182. The van der Waals surface area contributed by atoms with E-state index in [0.29, 0.717) is 11.8 Å². The molecule has 12 atom stereocenters. The van der Waals surface area contributed by atoms with Crippen LogP contribution >= 0.6 is 0 Å². The van der Waals surface area contributed by atoms with Crippen molar-refractivity contribution in [2.75, 3.05) is 0 Å². The third kappa shape index (κ3) is 8.05. The first-order chi connectivity index (χ1) is 20.4. The largest absolute Gasteiger partial charge is 0.397 e. The van der Waals surface area contributed by atoms with Crippen molar-refractivity contribution in [2.45, 2.75) is 105 Å². The van der Waals surface area contributed by atoms with E-state index in [1.54, 1.807) is 0 Å². The van der Waals surface area contributed by atoms with E-state index in [2.05, 4.69) is 46.4 Å². The fraction of sp³-hybridized carbons (Fsp3) is 0.867. The first-order valence-corrected chi connectivity index (χ1v) is 19.9. The SMILES string of the molecule is C=C(C)[C@@H](C=C[C@@H](C)[C@H]1CC[C@H]2[C@@H]3CC(OS(=O)(=O)O)C4CC(OS(=O)(=O)O)C(OS(=O)(=O)O)C[C@]4(C)[C@H]3CC[C@]12C)C(C)C.